The molecule has 4 heteroatoms. The number of pyridine rings is 1. The quantitative estimate of drug-likeness (QED) is 0.921. The van der Waals surface area contributed by atoms with Crippen LogP contribution in [-0.2, 0) is 6.54 Å². The summed E-state index contributed by atoms with van der Waals surface area (Å²) >= 11 is 2.05. The summed E-state index contributed by atoms with van der Waals surface area (Å²) in [7, 11) is 0. The van der Waals surface area contributed by atoms with Crippen LogP contribution in [0.15, 0.2) is 18.3 Å². The highest BCUT2D eigenvalue weighted by molar-refractivity contribution is 7.99. The van der Waals surface area contributed by atoms with Crippen LogP contribution in [0.5, 0.6) is 0 Å². The van der Waals surface area contributed by atoms with Gasteiger partial charge in [0.2, 0.25) is 0 Å². The molecule has 2 rings (SSSR count). The Kier molecular flexibility index (Phi) is 5.11. The summed E-state index contributed by atoms with van der Waals surface area (Å²) in [6.07, 6.45) is 3.20. The van der Waals surface area contributed by atoms with E-state index in [1.165, 1.54) is 23.5 Å². The fourth-order valence-corrected chi connectivity index (χ4v) is 2.97. The van der Waals surface area contributed by atoms with Crippen LogP contribution in [0.25, 0.3) is 0 Å². The Labute approximate surface area is 121 Å². The monoisotopic (exact) mass is 279 g/mol. The van der Waals surface area contributed by atoms with Gasteiger partial charge in [0, 0.05) is 37.1 Å². The molecule has 19 heavy (non-hydrogen) atoms. The molecule has 2 heterocycles. The smallest absolute Gasteiger partial charge is 0.128 e. The second-order valence-corrected chi connectivity index (χ2v) is 7.30. The fourth-order valence-electron chi connectivity index (χ4n) is 2.09. The summed E-state index contributed by atoms with van der Waals surface area (Å²) in [4.78, 5) is 6.96. The molecule has 1 aromatic heterocycles. The highest BCUT2D eigenvalue weighted by atomic mass is 32.2. The third kappa shape index (κ3) is 5.03. The van der Waals surface area contributed by atoms with Gasteiger partial charge in [-0.1, -0.05) is 0 Å². The van der Waals surface area contributed by atoms with E-state index in [1.54, 1.807) is 0 Å². The topological polar surface area (TPSA) is 28.2 Å². The molecular weight excluding hydrogens is 254 g/mol. The van der Waals surface area contributed by atoms with Crippen LogP contribution in [0.1, 0.15) is 32.8 Å². The summed E-state index contributed by atoms with van der Waals surface area (Å²) < 4.78 is 0. The van der Waals surface area contributed by atoms with E-state index in [1.807, 2.05) is 6.20 Å². The van der Waals surface area contributed by atoms with E-state index in [9.17, 15) is 0 Å². The molecule has 106 valence electrons. The van der Waals surface area contributed by atoms with Gasteiger partial charge in [0.05, 0.1) is 0 Å². The normalized spacial score (nSPS) is 17.3. The van der Waals surface area contributed by atoms with Crippen LogP contribution < -0.4 is 10.2 Å². The van der Waals surface area contributed by atoms with E-state index in [0.29, 0.717) is 0 Å². The maximum absolute atomic E-state index is 4.54. The molecule has 3 nitrogen and oxygen atoms in total. The minimum absolute atomic E-state index is 0.155. The van der Waals surface area contributed by atoms with Gasteiger partial charge in [-0.25, -0.2) is 4.98 Å². The standard InChI is InChI=1S/C15H25N3S/c1-15(2,3)17-12-13-5-6-16-14(11-13)18-7-4-9-19-10-8-18/h5-6,11,17H,4,7-10,12H2,1-3H3. The van der Waals surface area contributed by atoms with Crippen molar-refractivity contribution in [2.24, 2.45) is 0 Å². The first-order chi connectivity index (χ1) is 9.04. The summed E-state index contributed by atoms with van der Waals surface area (Å²) in [6, 6.07) is 4.34. The van der Waals surface area contributed by atoms with Gasteiger partial charge in [-0.3, -0.25) is 0 Å². The van der Waals surface area contributed by atoms with Crippen molar-refractivity contribution in [3.8, 4) is 0 Å². The Morgan fingerprint density at radius 2 is 2.16 bits per heavy atom. The molecule has 1 saturated heterocycles. The second kappa shape index (κ2) is 6.62. The van der Waals surface area contributed by atoms with Crippen LogP contribution in [0.4, 0.5) is 5.82 Å². The SMILES string of the molecule is CC(C)(C)NCc1ccnc(N2CCCSCC2)c1. The Bertz CT molecular complexity index is 393. The third-order valence-electron chi connectivity index (χ3n) is 3.18. The first-order valence-electron chi connectivity index (χ1n) is 7.07. The molecule has 0 atom stereocenters. The van der Waals surface area contributed by atoms with Crippen LogP contribution in [0.2, 0.25) is 0 Å². The number of thioether (sulfide) groups is 1. The van der Waals surface area contributed by atoms with Crippen LogP contribution in [0, 0.1) is 0 Å². The summed E-state index contributed by atoms with van der Waals surface area (Å²) in [5.74, 6) is 3.63. The fraction of sp³-hybridized carbons (Fsp3) is 0.667. The van der Waals surface area contributed by atoms with Gasteiger partial charge in [-0.15, -0.1) is 0 Å². The van der Waals surface area contributed by atoms with E-state index < -0.39 is 0 Å². The molecule has 0 spiro atoms. The Hall–Kier alpha value is -0.740. The van der Waals surface area contributed by atoms with Crippen molar-refractivity contribution in [1.82, 2.24) is 10.3 Å². The van der Waals surface area contributed by atoms with E-state index in [2.05, 4.69) is 59.9 Å². The molecular formula is C15H25N3S. The lowest BCUT2D eigenvalue weighted by Gasteiger charge is -2.23. The van der Waals surface area contributed by atoms with Gasteiger partial charge >= 0.3 is 0 Å². The highest BCUT2D eigenvalue weighted by Crippen LogP contribution is 2.18. The Morgan fingerprint density at radius 1 is 1.32 bits per heavy atom. The number of anilines is 1. The third-order valence-corrected chi connectivity index (χ3v) is 4.23. The molecule has 0 unspecified atom stereocenters. The molecule has 0 radical (unpaired) electrons. The second-order valence-electron chi connectivity index (χ2n) is 6.08. The molecule has 0 aliphatic carbocycles. The lowest BCUT2D eigenvalue weighted by molar-refractivity contribution is 0.424. The van der Waals surface area contributed by atoms with Gasteiger partial charge in [0.25, 0.3) is 0 Å². The summed E-state index contributed by atoms with van der Waals surface area (Å²) in [5.41, 5.74) is 1.47. The zero-order chi connectivity index (χ0) is 13.7. The highest BCUT2D eigenvalue weighted by Gasteiger charge is 2.12. The predicted molar refractivity (Wildman–Crippen MR) is 85.0 cm³/mol. The average molecular weight is 279 g/mol. The first-order valence-corrected chi connectivity index (χ1v) is 8.23. The zero-order valence-corrected chi connectivity index (χ0v) is 13.1. The number of nitrogens with one attached hydrogen (secondary N) is 1. The molecule has 1 aliphatic rings. The maximum atomic E-state index is 4.54. The number of aromatic nitrogens is 1. The van der Waals surface area contributed by atoms with Crippen LogP contribution >= 0.6 is 11.8 Å². The molecule has 1 aliphatic heterocycles. The van der Waals surface area contributed by atoms with Gasteiger partial charge in [0.1, 0.15) is 5.82 Å². The largest absolute Gasteiger partial charge is 0.356 e. The number of hydrogen-bond donors (Lipinski definition) is 1. The van der Waals surface area contributed by atoms with E-state index in [-0.39, 0.29) is 5.54 Å². The zero-order valence-electron chi connectivity index (χ0n) is 12.3. The molecule has 0 saturated carbocycles. The molecule has 0 amide bonds. The maximum Gasteiger partial charge on any atom is 0.128 e. The lowest BCUT2D eigenvalue weighted by atomic mass is 10.1. The number of nitrogens with zero attached hydrogens (tertiary/aromatic N) is 2. The Balaban J connectivity index is 2.01. The van der Waals surface area contributed by atoms with Gasteiger partial charge in [-0.2, -0.15) is 11.8 Å². The molecule has 1 fully saturated rings. The van der Waals surface area contributed by atoms with E-state index in [0.717, 1.165) is 25.5 Å². The van der Waals surface area contributed by atoms with Crippen molar-refractivity contribution in [3.05, 3.63) is 23.9 Å². The van der Waals surface area contributed by atoms with Crippen molar-refractivity contribution < 1.29 is 0 Å². The lowest BCUT2D eigenvalue weighted by Crippen LogP contribution is -2.35. The van der Waals surface area contributed by atoms with Gasteiger partial charge < -0.3 is 10.2 Å². The van der Waals surface area contributed by atoms with E-state index >= 15 is 0 Å². The molecule has 1 aromatic rings. The summed E-state index contributed by atoms with van der Waals surface area (Å²) in [6.45, 7) is 9.74. The van der Waals surface area contributed by atoms with Crippen molar-refractivity contribution in [1.29, 1.82) is 0 Å². The summed E-state index contributed by atoms with van der Waals surface area (Å²) in [5, 5.41) is 3.53. The van der Waals surface area contributed by atoms with Crippen molar-refractivity contribution in [3.63, 3.8) is 0 Å². The number of rotatable bonds is 3. The first kappa shape index (κ1) is 14.7. The predicted octanol–water partition coefficient (Wildman–Crippen LogP) is 2.91. The average Bonchev–Trinajstić information content (AvgIpc) is 2.65. The van der Waals surface area contributed by atoms with Gasteiger partial charge in [-0.05, 0) is 50.6 Å². The van der Waals surface area contributed by atoms with Crippen molar-refractivity contribution >= 4 is 17.6 Å². The Morgan fingerprint density at radius 3 is 2.95 bits per heavy atom. The van der Waals surface area contributed by atoms with Crippen molar-refractivity contribution in [2.75, 3.05) is 29.5 Å². The van der Waals surface area contributed by atoms with Crippen LogP contribution in [0.3, 0.4) is 0 Å². The number of hydrogen-bond acceptors (Lipinski definition) is 4. The minimum atomic E-state index is 0.155. The van der Waals surface area contributed by atoms with Crippen LogP contribution in [-0.4, -0.2) is 35.1 Å². The molecule has 1 N–H and O–H groups in total. The molecule has 0 bridgehead atoms. The minimum Gasteiger partial charge on any atom is -0.356 e. The molecule has 0 aromatic carbocycles. The van der Waals surface area contributed by atoms with E-state index in [4.69, 9.17) is 0 Å². The van der Waals surface area contributed by atoms with Crippen molar-refractivity contribution in [2.45, 2.75) is 39.3 Å². The van der Waals surface area contributed by atoms with Gasteiger partial charge in [0.15, 0.2) is 0 Å².